The van der Waals surface area contributed by atoms with Gasteiger partial charge in [0.05, 0.1) is 18.1 Å². The van der Waals surface area contributed by atoms with E-state index < -0.39 is 35.3 Å². The summed E-state index contributed by atoms with van der Waals surface area (Å²) in [6.45, 7) is 2.48. The lowest BCUT2D eigenvalue weighted by Gasteiger charge is -2.23. The van der Waals surface area contributed by atoms with Crippen LogP contribution in [-0.4, -0.2) is 28.5 Å². The van der Waals surface area contributed by atoms with Crippen LogP contribution in [0.3, 0.4) is 0 Å². The van der Waals surface area contributed by atoms with Gasteiger partial charge in [-0.05, 0) is 13.8 Å². The quantitative estimate of drug-likeness (QED) is 0.271. The normalized spacial score (nSPS) is 16.0. The fourth-order valence-electron chi connectivity index (χ4n) is 0.549. The topological polar surface area (TPSA) is 65.0 Å². The number of ether oxygens (including phenoxy) is 1. The van der Waals surface area contributed by atoms with Crippen molar-refractivity contribution in [3.8, 4) is 0 Å². The average molecular weight is 268 g/mol. The molecule has 0 spiro atoms. The summed E-state index contributed by atoms with van der Waals surface area (Å²) < 4.78 is 57.3. The van der Waals surface area contributed by atoms with Gasteiger partial charge < -0.3 is 4.74 Å². The first-order valence-corrected chi connectivity index (χ1v) is 4.52. The highest BCUT2D eigenvalue weighted by Gasteiger charge is 2.66. The van der Waals surface area contributed by atoms with Gasteiger partial charge in [0, 0.05) is 0 Å². The molecule has 0 amide bonds. The van der Waals surface area contributed by atoms with E-state index in [1.54, 1.807) is 0 Å². The lowest BCUT2D eigenvalue weighted by molar-refractivity contribution is -0.433. The summed E-state index contributed by atoms with van der Waals surface area (Å²) in [5, 5.41) is 5.96. The smallest absolute Gasteiger partial charge is 0.446 e. The second-order valence-electron chi connectivity index (χ2n) is 2.77. The Kier molecular flexibility index (Phi) is 5.46. The van der Waals surface area contributed by atoms with Crippen LogP contribution in [0.2, 0.25) is 0 Å². The first kappa shape index (κ1) is 15.4. The van der Waals surface area contributed by atoms with Crippen molar-refractivity contribution in [1.82, 2.24) is 0 Å². The number of alkyl halides is 4. The van der Waals surface area contributed by atoms with Crippen LogP contribution in [0.15, 0.2) is 0 Å². The Morgan fingerprint density at radius 2 is 1.81 bits per heavy atom. The Hall–Kier alpha value is -0.580. The lowest BCUT2D eigenvalue weighted by atomic mass is 10.3. The second-order valence-corrected chi connectivity index (χ2v) is 3.64. The van der Waals surface area contributed by atoms with Gasteiger partial charge in [0.1, 0.15) is 0 Å². The molecule has 5 nitrogen and oxygen atoms in total. The van der Waals surface area contributed by atoms with E-state index in [1.165, 1.54) is 13.8 Å². The highest BCUT2D eigenvalue weighted by Crippen LogP contribution is 2.44. The molecule has 0 aromatic rings. The van der Waals surface area contributed by atoms with Crippen molar-refractivity contribution in [2.75, 3.05) is 0 Å². The molecule has 1 atom stereocenters. The molecule has 0 aromatic heterocycles. The molecule has 96 valence electrons. The van der Waals surface area contributed by atoms with Gasteiger partial charge in [-0.2, -0.15) is 13.2 Å². The molecule has 0 radical (unpaired) electrons. The molecule has 0 fully saturated rings. The molecule has 0 aliphatic carbocycles. The highest BCUT2D eigenvalue weighted by molar-refractivity contribution is 7.96. The number of carbonyl (C=O) groups excluding carboxylic acids is 1. The van der Waals surface area contributed by atoms with Crippen molar-refractivity contribution in [3.63, 3.8) is 0 Å². The monoisotopic (exact) mass is 268 g/mol. The zero-order chi connectivity index (χ0) is 13.0. The molecule has 0 saturated heterocycles. The van der Waals surface area contributed by atoms with Crippen molar-refractivity contribution < 1.29 is 41.7 Å². The highest BCUT2D eigenvalue weighted by atomic mass is 32.2. The van der Waals surface area contributed by atoms with E-state index in [1.807, 2.05) is 0 Å². The minimum atomic E-state index is -5.58. The molecule has 0 aliphatic rings. The number of rotatable bonds is 5. The molecule has 0 saturated carbocycles. The molecular formula is C6H8F4O5S. The van der Waals surface area contributed by atoms with Gasteiger partial charge in [-0.1, -0.05) is 5.04 Å². The number of esters is 1. The first-order valence-electron chi connectivity index (χ1n) is 3.77. The molecule has 0 aromatic carbocycles. The molecule has 0 bridgehead atoms. The number of carbonyl (C=O) groups is 1. The largest absolute Gasteiger partial charge is 0.460 e. The summed E-state index contributed by atoms with van der Waals surface area (Å²) in [4.78, 5) is 10.9. The number of hydrogen-bond acceptors (Lipinski definition) is 6. The molecule has 0 heterocycles. The number of hydrogen-bond donors (Lipinski definition) is 1. The Bertz CT molecular complexity index is 246. The van der Waals surface area contributed by atoms with Crippen LogP contribution in [0.1, 0.15) is 13.8 Å². The summed E-state index contributed by atoms with van der Waals surface area (Å²) in [5.74, 6) is -2.20. The van der Waals surface area contributed by atoms with E-state index >= 15 is 0 Å². The minimum absolute atomic E-state index is 0.944. The Morgan fingerprint density at radius 3 is 2.12 bits per heavy atom. The molecular weight excluding hydrogens is 260 g/mol. The van der Waals surface area contributed by atoms with Crippen molar-refractivity contribution in [2.45, 2.75) is 31.1 Å². The van der Waals surface area contributed by atoms with Gasteiger partial charge in [-0.3, -0.25) is 0 Å². The van der Waals surface area contributed by atoms with Crippen molar-refractivity contribution >= 4 is 18.0 Å². The van der Waals surface area contributed by atoms with Crippen LogP contribution in [-0.2, 0) is 18.9 Å². The molecule has 0 rings (SSSR count). The maximum absolute atomic E-state index is 13.3. The van der Waals surface area contributed by atoms with Crippen LogP contribution >= 0.6 is 12.0 Å². The van der Waals surface area contributed by atoms with E-state index in [4.69, 9.17) is 5.26 Å². The zero-order valence-electron chi connectivity index (χ0n) is 8.08. The fourth-order valence-corrected chi connectivity index (χ4v) is 0.884. The van der Waals surface area contributed by atoms with Crippen molar-refractivity contribution in [1.29, 1.82) is 0 Å². The minimum Gasteiger partial charge on any atom is -0.460 e. The third-order valence-electron chi connectivity index (χ3n) is 1.15. The van der Waals surface area contributed by atoms with Crippen LogP contribution in [0, 0.1) is 0 Å². The summed E-state index contributed by atoms with van der Waals surface area (Å²) in [7, 11) is 0. The predicted molar refractivity (Wildman–Crippen MR) is 43.5 cm³/mol. The Morgan fingerprint density at radius 1 is 1.31 bits per heavy atom. The second kappa shape index (κ2) is 5.66. The van der Waals surface area contributed by atoms with Crippen molar-refractivity contribution in [3.05, 3.63) is 0 Å². The van der Waals surface area contributed by atoms with Crippen LogP contribution in [0.5, 0.6) is 0 Å². The fraction of sp³-hybridized carbons (Fsp3) is 0.833. The van der Waals surface area contributed by atoms with Gasteiger partial charge in [0.25, 0.3) is 0 Å². The van der Waals surface area contributed by atoms with Crippen LogP contribution < -0.4 is 0 Å². The molecule has 1 N–H and O–H groups in total. The molecule has 10 heteroatoms. The average Bonchev–Trinajstić information content (AvgIpc) is 2.10. The molecule has 0 aliphatic heterocycles. The van der Waals surface area contributed by atoms with Gasteiger partial charge in [0.2, 0.25) is 0 Å². The first-order chi connectivity index (χ1) is 7.15. The lowest BCUT2D eigenvalue weighted by Crippen LogP contribution is -2.47. The summed E-state index contributed by atoms with van der Waals surface area (Å²) >= 11 is -1.06. The van der Waals surface area contributed by atoms with E-state index in [0.717, 1.165) is 0 Å². The Labute approximate surface area is 91.7 Å². The van der Waals surface area contributed by atoms with E-state index in [9.17, 15) is 22.4 Å². The SMILES string of the molecule is CC(C)OC(=O)C(F)(SOOO)C(F)(F)F. The van der Waals surface area contributed by atoms with Crippen LogP contribution in [0.25, 0.3) is 0 Å². The van der Waals surface area contributed by atoms with E-state index in [2.05, 4.69) is 14.1 Å². The standard InChI is InChI=1S/C6H8F4O5S/c1-3(2)13-4(11)5(7,6(8,9)10)16-15-14-12/h3,12H,1-2H3. The van der Waals surface area contributed by atoms with Crippen molar-refractivity contribution in [2.24, 2.45) is 0 Å². The van der Waals surface area contributed by atoms with Gasteiger partial charge in [0.15, 0.2) is 0 Å². The zero-order valence-corrected chi connectivity index (χ0v) is 8.89. The van der Waals surface area contributed by atoms with Gasteiger partial charge >= 0.3 is 17.1 Å². The summed E-state index contributed by atoms with van der Waals surface area (Å²) in [6.07, 6.45) is -6.53. The van der Waals surface area contributed by atoms with Gasteiger partial charge in [-0.25, -0.2) is 14.4 Å². The van der Waals surface area contributed by atoms with E-state index in [0.29, 0.717) is 0 Å². The Balaban J connectivity index is 4.85. The molecule has 1 unspecified atom stereocenters. The van der Waals surface area contributed by atoms with Gasteiger partial charge in [-0.15, -0.1) is 4.33 Å². The van der Waals surface area contributed by atoms with Crippen LogP contribution in [0.4, 0.5) is 17.6 Å². The predicted octanol–water partition coefficient (Wildman–Crippen LogP) is 2.24. The molecule has 16 heavy (non-hydrogen) atoms. The van der Waals surface area contributed by atoms with E-state index in [-0.39, 0.29) is 0 Å². The maximum atomic E-state index is 13.3. The third-order valence-corrected chi connectivity index (χ3v) is 1.91. The number of halogens is 4. The third kappa shape index (κ3) is 3.77. The summed E-state index contributed by atoms with van der Waals surface area (Å²) in [6, 6.07) is 0. The maximum Gasteiger partial charge on any atom is 0.446 e. The summed E-state index contributed by atoms with van der Waals surface area (Å²) in [5.41, 5.74) is 0.